The minimum atomic E-state index is 0.0132. The molecule has 0 saturated carbocycles. The summed E-state index contributed by atoms with van der Waals surface area (Å²) in [4.78, 5) is 19.1. The number of benzene rings is 1. The molecule has 136 valence electrons. The normalized spacial score (nSPS) is 10.8. The summed E-state index contributed by atoms with van der Waals surface area (Å²) >= 11 is 1.56. The average molecular weight is 370 g/mol. The molecule has 0 spiro atoms. The zero-order valence-corrected chi connectivity index (χ0v) is 15.8. The van der Waals surface area contributed by atoms with E-state index >= 15 is 0 Å². The predicted molar refractivity (Wildman–Crippen MR) is 102 cm³/mol. The maximum absolute atomic E-state index is 12.7. The summed E-state index contributed by atoms with van der Waals surface area (Å²) in [7, 11) is 1.63. The van der Waals surface area contributed by atoms with Gasteiger partial charge in [0, 0.05) is 24.6 Å². The van der Waals surface area contributed by atoms with Gasteiger partial charge in [-0.05, 0) is 19.1 Å². The molecule has 0 bridgehead atoms. The Morgan fingerprint density at radius 1 is 1.27 bits per heavy atom. The molecule has 0 atom stereocenters. The predicted octanol–water partition coefficient (Wildman–Crippen LogP) is 3.93. The molecule has 0 fully saturated rings. The molecule has 1 aromatic carbocycles. The Morgan fingerprint density at radius 2 is 2.08 bits per heavy atom. The number of carbonyl (C=O) groups is 1. The van der Waals surface area contributed by atoms with Crippen molar-refractivity contribution in [2.24, 2.45) is 0 Å². The molecule has 5 nitrogen and oxygen atoms in total. The monoisotopic (exact) mass is 370 g/mol. The lowest BCUT2D eigenvalue weighted by Crippen LogP contribution is -2.34. The first-order chi connectivity index (χ1) is 12.7. The minimum absolute atomic E-state index is 0.0132. The van der Waals surface area contributed by atoms with Crippen molar-refractivity contribution in [1.29, 1.82) is 0 Å². The summed E-state index contributed by atoms with van der Waals surface area (Å²) in [5.41, 5.74) is 3.08. The molecule has 0 radical (unpaired) electrons. The summed E-state index contributed by atoms with van der Waals surface area (Å²) in [6.45, 7) is 3.50. The maximum Gasteiger partial charge on any atom is 0.229 e. The van der Waals surface area contributed by atoms with E-state index in [4.69, 9.17) is 9.15 Å². The fraction of sp³-hybridized carbons (Fsp3) is 0.300. The van der Waals surface area contributed by atoms with Crippen molar-refractivity contribution in [3.8, 4) is 10.6 Å². The molecule has 1 amide bonds. The van der Waals surface area contributed by atoms with Crippen LogP contribution in [0.15, 0.2) is 52.5 Å². The number of aromatic nitrogens is 1. The van der Waals surface area contributed by atoms with Crippen molar-refractivity contribution >= 4 is 17.2 Å². The highest BCUT2D eigenvalue weighted by Gasteiger charge is 2.17. The summed E-state index contributed by atoms with van der Waals surface area (Å²) in [6.07, 6.45) is 1.88. The fourth-order valence-electron chi connectivity index (χ4n) is 2.57. The number of ether oxygens (including phenoxy) is 1. The fourth-order valence-corrected chi connectivity index (χ4v) is 3.39. The highest BCUT2D eigenvalue weighted by Crippen LogP contribution is 2.24. The molecule has 0 N–H and O–H groups in total. The number of furan rings is 1. The Hall–Kier alpha value is -2.44. The van der Waals surface area contributed by atoms with Crippen LogP contribution >= 0.6 is 11.3 Å². The molecule has 0 saturated heterocycles. The smallest absolute Gasteiger partial charge is 0.229 e. The summed E-state index contributed by atoms with van der Waals surface area (Å²) in [6, 6.07) is 11.9. The van der Waals surface area contributed by atoms with Crippen LogP contribution in [0.5, 0.6) is 0 Å². The van der Waals surface area contributed by atoms with Gasteiger partial charge in [0.15, 0.2) is 0 Å². The lowest BCUT2D eigenvalue weighted by atomic mass is 10.2. The van der Waals surface area contributed by atoms with Gasteiger partial charge >= 0.3 is 0 Å². The van der Waals surface area contributed by atoms with Gasteiger partial charge in [-0.25, -0.2) is 4.98 Å². The van der Waals surface area contributed by atoms with Gasteiger partial charge in [0.05, 0.1) is 31.5 Å². The van der Waals surface area contributed by atoms with E-state index in [2.05, 4.69) is 36.2 Å². The molecule has 2 heterocycles. The third-order valence-corrected chi connectivity index (χ3v) is 4.97. The molecule has 0 aliphatic rings. The first-order valence-corrected chi connectivity index (χ1v) is 9.34. The van der Waals surface area contributed by atoms with E-state index in [0.717, 1.165) is 22.0 Å². The topological polar surface area (TPSA) is 55.6 Å². The van der Waals surface area contributed by atoms with Gasteiger partial charge in [-0.15, -0.1) is 11.3 Å². The van der Waals surface area contributed by atoms with Crippen LogP contribution in [-0.2, 0) is 22.5 Å². The van der Waals surface area contributed by atoms with Crippen molar-refractivity contribution < 1.29 is 13.9 Å². The summed E-state index contributed by atoms with van der Waals surface area (Å²) in [5, 5.41) is 2.89. The lowest BCUT2D eigenvalue weighted by Gasteiger charge is -2.21. The molecule has 26 heavy (non-hydrogen) atoms. The number of hydrogen-bond donors (Lipinski definition) is 0. The van der Waals surface area contributed by atoms with E-state index in [9.17, 15) is 4.79 Å². The van der Waals surface area contributed by atoms with Crippen LogP contribution in [0.3, 0.4) is 0 Å². The zero-order valence-electron chi connectivity index (χ0n) is 15.0. The Kier molecular flexibility index (Phi) is 6.20. The van der Waals surface area contributed by atoms with Gasteiger partial charge in [-0.3, -0.25) is 4.79 Å². The van der Waals surface area contributed by atoms with Gasteiger partial charge in [0.1, 0.15) is 10.8 Å². The lowest BCUT2D eigenvalue weighted by molar-refractivity contribution is -0.132. The van der Waals surface area contributed by atoms with Crippen LogP contribution in [0.4, 0.5) is 0 Å². The van der Waals surface area contributed by atoms with Crippen LogP contribution in [0.2, 0.25) is 0 Å². The first-order valence-electron chi connectivity index (χ1n) is 8.46. The van der Waals surface area contributed by atoms with Crippen molar-refractivity contribution in [2.75, 3.05) is 20.3 Å². The number of nitrogens with zero attached hydrogens (tertiary/aromatic N) is 2. The van der Waals surface area contributed by atoms with Gasteiger partial charge in [0.25, 0.3) is 0 Å². The molecule has 0 aliphatic heterocycles. The number of methoxy groups -OCH3 is 1. The molecular formula is C20H22N2O3S. The molecule has 3 rings (SSSR count). The Balaban J connectivity index is 1.67. The number of rotatable bonds is 8. The highest BCUT2D eigenvalue weighted by atomic mass is 32.1. The minimum Gasteiger partial charge on any atom is -0.467 e. The van der Waals surface area contributed by atoms with Crippen LogP contribution in [0, 0.1) is 6.92 Å². The highest BCUT2D eigenvalue weighted by molar-refractivity contribution is 7.13. The quantitative estimate of drug-likeness (QED) is 0.603. The van der Waals surface area contributed by atoms with Crippen LogP contribution < -0.4 is 0 Å². The van der Waals surface area contributed by atoms with E-state index in [1.165, 1.54) is 5.56 Å². The SMILES string of the molecule is COCCN(Cc1ccco1)C(=O)Cc1csc(-c2ccc(C)cc2)n1. The third-order valence-electron chi connectivity index (χ3n) is 4.03. The van der Waals surface area contributed by atoms with Gasteiger partial charge < -0.3 is 14.1 Å². The summed E-state index contributed by atoms with van der Waals surface area (Å²) in [5.74, 6) is 0.771. The number of hydrogen-bond acceptors (Lipinski definition) is 5. The molecule has 3 aromatic rings. The average Bonchev–Trinajstić information content (AvgIpc) is 3.31. The molecule has 2 aromatic heterocycles. The van der Waals surface area contributed by atoms with E-state index in [1.807, 2.05) is 17.5 Å². The second-order valence-electron chi connectivity index (χ2n) is 6.07. The standard InChI is InChI=1S/C20H22N2O3S/c1-15-5-7-16(8-6-15)20-21-17(14-26-20)12-19(23)22(9-11-24-2)13-18-4-3-10-25-18/h3-8,10,14H,9,11-13H2,1-2H3. The largest absolute Gasteiger partial charge is 0.467 e. The van der Waals surface area contributed by atoms with E-state index in [1.54, 1.807) is 29.6 Å². The van der Waals surface area contributed by atoms with Crippen molar-refractivity contribution in [1.82, 2.24) is 9.88 Å². The number of amides is 1. The zero-order chi connectivity index (χ0) is 18.4. The molecule has 6 heteroatoms. The number of thiazole rings is 1. The second kappa shape index (κ2) is 8.78. The van der Waals surface area contributed by atoms with Gasteiger partial charge in [-0.1, -0.05) is 29.8 Å². The Bertz CT molecular complexity index is 825. The Morgan fingerprint density at radius 3 is 2.77 bits per heavy atom. The van der Waals surface area contributed by atoms with E-state index in [0.29, 0.717) is 19.7 Å². The summed E-state index contributed by atoms with van der Waals surface area (Å²) < 4.78 is 10.5. The van der Waals surface area contributed by atoms with E-state index in [-0.39, 0.29) is 12.3 Å². The third kappa shape index (κ3) is 4.80. The van der Waals surface area contributed by atoms with Crippen molar-refractivity contribution in [3.05, 3.63) is 65.1 Å². The van der Waals surface area contributed by atoms with Crippen LogP contribution in [0.25, 0.3) is 10.6 Å². The second-order valence-corrected chi connectivity index (χ2v) is 6.93. The van der Waals surface area contributed by atoms with Crippen LogP contribution in [0.1, 0.15) is 17.0 Å². The first kappa shape index (κ1) is 18.4. The van der Waals surface area contributed by atoms with Crippen molar-refractivity contribution in [3.63, 3.8) is 0 Å². The molecule has 0 aliphatic carbocycles. The Labute approximate surface area is 157 Å². The maximum atomic E-state index is 12.7. The van der Waals surface area contributed by atoms with Gasteiger partial charge in [0.2, 0.25) is 5.91 Å². The molecule has 0 unspecified atom stereocenters. The van der Waals surface area contributed by atoms with E-state index < -0.39 is 0 Å². The number of aryl methyl sites for hydroxylation is 1. The van der Waals surface area contributed by atoms with Crippen molar-refractivity contribution in [2.45, 2.75) is 19.9 Å². The molecular weight excluding hydrogens is 348 g/mol. The van der Waals surface area contributed by atoms with Crippen LogP contribution in [-0.4, -0.2) is 36.1 Å². The number of carbonyl (C=O) groups excluding carboxylic acids is 1. The van der Waals surface area contributed by atoms with Gasteiger partial charge in [-0.2, -0.15) is 0 Å².